The van der Waals surface area contributed by atoms with Gasteiger partial charge in [0, 0.05) is 6.07 Å². The van der Waals surface area contributed by atoms with Crippen LogP contribution in [-0.2, 0) is 10.0 Å². The highest BCUT2D eigenvalue weighted by molar-refractivity contribution is 7.92. The van der Waals surface area contributed by atoms with Crippen molar-refractivity contribution in [2.75, 3.05) is 4.72 Å². The summed E-state index contributed by atoms with van der Waals surface area (Å²) in [6.07, 6.45) is 0. The Balaban J connectivity index is 2.41. The smallest absolute Gasteiger partial charge is 0.278 e. The van der Waals surface area contributed by atoms with Crippen molar-refractivity contribution in [3.05, 3.63) is 62.6 Å². The summed E-state index contributed by atoms with van der Waals surface area (Å²) in [6.45, 7) is 0. The van der Waals surface area contributed by atoms with Crippen LogP contribution in [0.4, 0.5) is 11.4 Å². The molecule has 0 fully saturated rings. The zero-order valence-electron chi connectivity index (χ0n) is 10.3. The van der Waals surface area contributed by atoms with Gasteiger partial charge in [0.1, 0.15) is 5.02 Å². The molecule has 2 aromatic carbocycles. The van der Waals surface area contributed by atoms with E-state index >= 15 is 0 Å². The van der Waals surface area contributed by atoms with Crippen molar-refractivity contribution in [3.63, 3.8) is 0 Å². The third-order valence-electron chi connectivity index (χ3n) is 2.53. The quantitative estimate of drug-likeness (QED) is 0.674. The maximum Gasteiger partial charge on any atom is 0.289 e. The van der Waals surface area contributed by atoms with Gasteiger partial charge in [0.05, 0.1) is 20.5 Å². The van der Waals surface area contributed by atoms with Gasteiger partial charge >= 0.3 is 0 Å². The fourth-order valence-electron chi connectivity index (χ4n) is 1.56. The van der Waals surface area contributed by atoms with Crippen LogP contribution >= 0.6 is 23.2 Å². The van der Waals surface area contributed by atoms with Crippen LogP contribution in [0.1, 0.15) is 0 Å². The molecular weight excluding hydrogens is 339 g/mol. The zero-order chi connectivity index (χ0) is 15.6. The molecule has 0 aliphatic heterocycles. The molecule has 0 spiro atoms. The van der Waals surface area contributed by atoms with Gasteiger partial charge in [0.2, 0.25) is 0 Å². The minimum Gasteiger partial charge on any atom is -0.278 e. The van der Waals surface area contributed by atoms with Gasteiger partial charge in [-0.25, -0.2) is 8.42 Å². The summed E-state index contributed by atoms with van der Waals surface area (Å²) in [7, 11) is -3.85. The number of benzene rings is 2. The lowest BCUT2D eigenvalue weighted by molar-refractivity contribution is -0.384. The minimum atomic E-state index is -3.85. The lowest BCUT2D eigenvalue weighted by Crippen LogP contribution is -2.13. The predicted molar refractivity (Wildman–Crippen MR) is 80.4 cm³/mol. The minimum absolute atomic E-state index is 0.0314. The van der Waals surface area contributed by atoms with Crippen LogP contribution in [0.5, 0.6) is 0 Å². The molecule has 6 nitrogen and oxygen atoms in total. The van der Waals surface area contributed by atoms with Crippen molar-refractivity contribution < 1.29 is 13.3 Å². The summed E-state index contributed by atoms with van der Waals surface area (Å²) in [5, 5.41) is 10.4. The highest BCUT2D eigenvalue weighted by atomic mass is 35.5. The normalized spacial score (nSPS) is 11.1. The molecule has 0 aliphatic carbocycles. The second kappa shape index (κ2) is 5.88. The van der Waals surface area contributed by atoms with Crippen molar-refractivity contribution in [2.45, 2.75) is 4.90 Å². The van der Waals surface area contributed by atoms with Gasteiger partial charge in [-0.3, -0.25) is 14.8 Å². The van der Waals surface area contributed by atoms with Crippen LogP contribution in [0.3, 0.4) is 0 Å². The summed E-state index contributed by atoms with van der Waals surface area (Å²) in [4.78, 5) is 10.0. The molecule has 0 amide bonds. The SMILES string of the molecule is O=[N+]([O-])c1cc(Cl)c(NS(=O)(=O)c2ccccc2)cc1Cl. The van der Waals surface area contributed by atoms with Gasteiger partial charge < -0.3 is 0 Å². The van der Waals surface area contributed by atoms with Crippen LogP contribution < -0.4 is 4.72 Å². The summed E-state index contributed by atoms with van der Waals surface area (Å²) in [5.41, 5.74) is -0.430. The Morgan fingerprint density at radius 1 is 1.05 bits per heavy atom. The van der Waals surface area contributed by atoms with E-state index < -0.39 is 20.6 Å². The van der Waals surface area contributed by atoms with Crippen molar-refractivity contribution in [1.82, 2.24) is 0 Å². The molecule has 2 rings (SSSR count). The molecule has 0 aromatic heterocycles. The van der Waals surface area contributed by atoms with Crippen LogP contribution in [0.2, 0.25) is 10.0 Å². The van der Waals surface area contributed by atoms with Crippen LogP contribution in [0, 0.1) is 10.1 Å². The molecule has 21 heavy (non-hydrogen) atoms. The molecule has 2 aromatic rings. The van der Waals surface area contributed by atoms with E-state index in [1.807, 2.05) is 0 Å². The van der Waals surface area contributed by atoms with E-state index in [0.29, 0.717) is 0 Å². The summed E-state index contributed by atoms with van der Waals surface area (Å²) >= 11 is 11.6. The highest BCUT2D eigenvalue weighted by Crippen LogP contribution is 2.34. The maximum atomic E-state index is 12.1. The average Bonchev–Trinajstić information content (AvgIpc) is 2.43. The van der Waals surface area contributed by atoms with Crippen molar-refractivity contribution in [2.24, 2.45) is 0 Å². The molecular formula is C12H8Cl2N2O4S. The van der Waals surface area contributed by atoms with E-state index in [2.05, 4.69) is 4.72 Å². The highest BCUT2D eigenvalue weighted by Gasteiger charge is 2.20. The summed E-state index contributed by atoms with van der Waals surface area (Å²) < 4.78 is 26.5. The topological polar surface area (TPSA) is 89.3 Å². The largest absolute Gasteiger partial charge is 0.289 e. The molecule has 1 N–H and O–H groups in total. The summed E-state index contributed by atoms with van der Waals surface area (Å²) in [6, 6.07) is 9.72. The predicted octanol–water partition coefficient (Wildman–Crippen LogP) is 3.70. The number of rotatable bonds is 4. The Morgan fingerprint density at radius 3 is 2.24 bits per heavy atom. The Labute approximate surface area is 130 Å². The first-order valence-corrected chi connectivity index (χ1v) is 7.76. The zero-order valence-corrected chi connectivity index (χ0v) is 12.6. The number of nitrogens with one attached hydrogen (secondary N) is 1. The van der Waals surface area contributed by atoms with Gasteiger partial charge in [0.25, 0.3) is 15.7 Å². The van der Waals surface area contributed by atoms with Crippen LogP contribution in [-0.4, -0.2) is 13.3 Å². The molecule has 9 heteroatoms. The van der Waals surface area contributed by atoms with Gasteiger partial charge in [0.15, 0.2) is 0 Å². The molecule has 0 bridgehead atoms. The second-order valence-electron chi connectivity index (χ2n) is 3.96. The van der Waals surface area contributed by atoms with Crippen molar-refractivity contribution in [1.29, 1.82) is 0 Å². The second-order valence-corrected chi connectivity index (χ2v) is 6.46. The van der Waals surface area contributed by atoms with Crippen LogP contribution in [0.15, 0.2) is 47.4 Å². The third-order valence-corrected chi connectivity index (χ3v) is 4.53. The lowest BCUT2D eigenvalue weighted by Gasteiger charge is -2.10. The lowest BCUT2D eigenvalue weighted by atomic mass is 10.3. The third kappa shape index (κ3) is 3.44. The van der Waals surface area contributed by atoms with Gasteiger partial charge in [-0.05, 0) is 18.2 Å². The van der Waals surface area contributed by atoms with E-state index in [1.165, 1.54) is 12.1 Å². The van der Waals surface area contributed by atoms with Crippen molar-refractivity contribution in [3.8, 4) is 0 Å². The molecule has 0 aliphatic rings. The molecule has 0 saturated carbocycles. The Hall–Kier alpha value is -1.83. The molecule has 0 heterocycles. The first-order valence-electron chi connectivity index (χ1n) is 5.52. The van der Waals surface area contributed by atoms with E-state index in [0.717, 1.165) is 12.1 Å². The van der Waals surface area contributed by atoms with E-state index in [-0.39, 0.29) is 20.6 Å². The number of halogens is 2. The van der Waals surface area contributed by atoms with Gasteiger partial charge in [-0.15, -0.1) is 0 Å². The number of hydrogen-bond acceptors (Lipinski definition) is 4. The molecule has 0 atom stereocenters. The molecule has 0 radical (unpaired) electrons. The monoisotopic (exact) mass is 346 g/mol. The standard InChI is InChI=1S/C12H8Cl2N2O4S/c13-9-7-12(16(17)18)10(14)6-11(9)15-21(19,20)8-4-2-1-3-5-8/h1-7,15H. The van der Waals surface area contributed by atoms with Gasteiger partial charge in [-0.1, -0.05) is 41.4 Å². The van der Waals surface area contributed by atoms with Gasteiger partial charge in [-0.2, -0.15) is 0 Å². The number of nitrogens with zero attached hydrogens (tertiary/aromatic N) is 1. The molecule has 110 valence electrons. The Morgan fingerprint density at radius 2 is 1.67 bits per heavy atom. The fourth-order valence-corrected chi connectivity index (χ4v) is 3.14. The average molecular weight is 347 g/mol. The van der Waals surface area contributed by atoms with E-state index in [4.69, 9.17) is 23.2 Å². The number of nitro groups is 1. The summed E-state index contributed by atoms with van der Waals surface area (Å²) in [5.74, 6) is 0. The number of anilines is 1. The molecule has 0 saturated heterocycles. The number of sulfonamides is 1. The first kappa shape index (κ1) is 15.6. The van der Waals surface area contributed by atoms with Crippen molar-refractivity contribution >= 4 is 44.6 Å². The van der Waals surface area contributed by atoms with Crippen LogP contribution in [0.25, 0.3) is 0 Å². The fraction of sp³-hybridized carbons (Fsp3) is 0. The maximum absolute atomic E-state index is 12.1. The Kier molecular flexibility index (Phi) is 4.36. The van der Waals surface area contributed by atoms with E-state index in [1.54, 1.807) is 18.2 Å². The number of hydrogen-bond donors (Lipinski definition) is 1. The molecule has 0 unspecified atom stereocenters. The Bertz CT molecular complexity index is 794. The first-order chi connectivity index (χ1) is 9.81. The number of nitro benzene ring substituents is 1. The van der Waals surface area contributed by atoms with E-state index in [9.17, 15) is 18.5 Å².